The minimum atomic E-state index is -0.462. The molecule has 0 aromatic heterocycles. The quantitative estimate of drug-likeness (QED) is 0.630. The Kier molecular flexibility index (Phi) is 7.10. The van der Waals surface area contributed by atoms with E-state index in [2.05, 4.69) is 10.6 Å². The second-order valence-corrected chi connectivity index (χ2v) is 7.92. The van der Waals surface area contributed by atoms with Crippen molar-refractivity contribution in [2.75, 3.05) is 6.61 Å². The Labute approximate surface area is 164 Å². The van der Waals surface area contributed by atoms with Crippen LogP contribution >= 0.6 is 11.6 Å². The standard InChI is InChI=1S/C20H27ClN2O4/c21-15-5-3-14(4-6-15)11-22-19(25)10-16-7-8-17(18(12-24)27-16)23-20(26)9-13-1-2-13/h3-6,13,16-18,24H,1-2,7-12H2,(H,22,25)(H,23,26)/t16-,17+,18-/m1/s1. The van der Waals surface area contributed by atoms with E-state index in [0.717, 1.165) is 18.4 Å². The normalized spacial score (nSPS) is 25.0. The first-order chi connectivity index (χ1) is 13.0. The number of amides is 2. The fraction of sp³-hybridized carbons (Fsp3) is 0.600. The number of hydrogen-bond donors (Lipinski definition) is 3. The molecule has 1 saturated carbocycles. The Balaban J connectivity index is 1.40. The summed E-state index contributed by atoms with van der Waals surface area (Å²) in [6, 6.07) is 7.13. The first-order valence-corrected chi connectivity index (χ1v) is 9.98. The van der Waals surface area contributed by atoms with Crippen molar-refractivity contribution in [3.05, 3.63) is 34.9 Å². The summed E-state index contributed by atoms with van der Waals surface area (Å²) in [5.41, 5.74) is 0.976. The highest BCUT2D eigenvalue weighted by molar-refractivity contribution is 6.30. The van der Waals surface area contributed by atoms with E-state index in [0.29, 0.717) is 36.7 Å². The summed E-state index contributed by atoms with van der Waals surface area (Å²) < 4.78 is 5.87. The number of ether oxygens (including phenoxy) is 1. The van der Waals surface area contributed by atoms with Gasteiger partial charge in [0.2, 0.25) is 11.8 Å². The Morgan fingerprint density at radius 2 is 1.81 bits per heavy atom. The summed E-state index contributed by atoms with van der Waals surface area (Å²) >= 11 is 5.85. The Morgan fingerprint density at radius 1 is 1.07 bits per heavy atom. The molecule has 1 aliphatic carbocycles. The van der Waals surface area contributed by atoms with E-state index >= 15 is 0 Å². The molecule has 3 atom stereocenters. The molecule has 148 valence electrons. The Morgan fingerprint density at radius 3 is 2.48 bits per heavy atom. The molecule has 1 aromatic rings. The third-order valence-corrected chi connectivity index (χ3v) is 5.38. The molecule has 27 heavy (non-hydrogen) atoms. The van der Waals surface area contributed by atoms with E-state index < -0.39 is 6.10 Å². The number of aliphatic hydroxyl groups is 1. The minimum Gasteiger partial charge on any atom is -0.394 e. The molecule has 0 bridgehead atoms. The summed E-state index contributed by atoms with van der Waals surface area (Å²) in [7, 11) is 0. The van der Waals surface area contributed by atoms with E-state index in [4.69, 9.17) is 16.3 Å². The topological polar surface area (TPSA) is 87.7 Å². The van der Waals surface area contributed by atoms with Gasteiger partial charge in [0.05, 0.1) is 25.2 Å². The second kappa shape index (κ2) is 9.53. The maximum atomic E-state index is 12.2. The first kappa shape index (κ1) is 20.1. The predicted octanol–water partition coefficient (Wildman–Crippen LogP) is 2.17. The molecule has 3 rings (SSSR count). The maximum Gasteiger partial charge on any atom is 0.222 e. The summed E-state index contributed by atoms with van der Waals surface area (Å²) in [4.78, 5) is 24.2. The molecule has 2 amide bonds. The lowest BCUT2D eigenvalue weighted by Crippen LogP contribution is -2.51. The molecule has 1 saturated heterocycles. The van der Waals surface area contributed by atoms with Gasteiger partial charge in [-0.2, -0.15) is 0 Å². The van der Waals surface area contributed by atoms with Crippen molar-refractivity contribution in [3.63, 3.8) is 0 Å². The first-order valence-electron chi connectivity index (χ1n) is 9.60. The molecule has 3 N–H and O–H groups in total. The van der Waals surface area contributed by atoms with Crippen LogP contribution in [0, 0.1) is 5.92 Å². The Hall–Kier alpha value is -1.63. The van der Waals surface area contributed by atoms with Gasteiger partial charge in [-0.25, -0.2) is 0 Å². The van der Waals surface area contributed by atoms with Gasteiger partial charge in [-0.1, -0.05) is 23.7 Å². The van der Waals surface area contributed by atoms with Crippen LogP contribution in [0.1, 0.15) is 44.1 Å². The summed E-state index contributed by atoms with van der Waals surface area (Å²) in [5, 5.41) is 16.1. The number of carbonyl (C=O) groups excluding carboxylic acids is 2. The molecule has 6 nitrogen and oxygen atoms in total. The molecular formula is C20H27ClN2O4. The van der Waals surface area contributed by atoms with E-state index in [-0.39, 0.29) is 37.0 Å². The second-order valence-electron chi connectivity index (χ2n) is 7.49. The fourth-order valence-corrected chi connectivity index (χ4v) is 3.50. The van der Waals surface area contributed by atoms with Crippen LogP contribution in [0.2, 0.25) is 5.02 Å². The van der Waals surface area contributed by atoms with Gasteiger partial charge in [-0.15, -0.1) is 0 Å². The lowest BCUT2D eigenvalue weighted by molar-refractivity contribution is -0.136. The third-order valence-electron chi connectivity index (χ3n) is 5.13. The predicted molar refractivity (Wildman–Crippen MR) is 102 cm³/mol. The van der Waals surface area contributed by atoms with Gasteiger partial charge in [0.15, 0.2) is 0 Å². The zero-order valence-corrected chi connectivity index (χ0v) is 16.1. The van der Waals surface area contributed by atoms with Gasteiger partial charge in [0.1, 0.15) is 6.10 Å². The van der Waals surface area contributed by atoms with Crippen molar-refractivity contribution in [3.8, 4) is 0 Å². The lowest BCUT2D eigenvalue weighted by Gasteiger charge is -2.36. The van der Waals surface area contributed by atoms with E-state index in [1.807, 2.05) is 12.1 Å². The van der Waals surface area contributed by atoms with Crippen molar-refractivity contribution in [1.29, 1.82) is 0 Å². The van der Waals surface area contributed by atoms with E-state index in [1.165, 1.54) is 0 Å². The highest BCUT2D eigenvalue weighted by atomic mass is 35.5. The van der Waals surface area contributed by atoms with Gasteiger partial charge in [-0.3, -0.25) is 9.59 Å². The molecule has 0 spiro atoms. The van der Waals surface area contributed by atoms with Crippen LogP contribution in [0.25, 0.3) is 0 Å². The van der Waals surface area contributed by atoms with Crippen LogP contribution < -0.4 is 10.6 Å². The van der Waals surface area contributed by atoms with Crippen LogP contribution in [-0.2, 0) is 20.9 Å². The molecule has 7 heteroatoms. The van der Waals surface area contributed by atoms with E-state index in [9.17, 15) is 14.7 Å². The van der Waals surface area contributed by atoms with Crippen molar-refractivity contribution >= 4 is 23.4 Å². The third kappa shape index (κ3) is 6.48. The van der Waals surface area contributed by atoms with Crippen LogP contribution in [-0.4, -0.2) is 41.8 Å². The van der Waals surface area contributed by atoms with Gasteiger partial charge in [0, 0.05) is 18.0 Å². The average Bonchev–Trinajstić information content (AvgIpc) is 3.46. The lowest BCUT2D eigenvalue weighted by atomic mass is 9.96. The molecule has 1 heterocycles. The van der Waals surface area contributed by atoms with Gasteiger partial charge >= 0.3 is 0 Å². The maximum absolute atomic E-state index is 12.2. The van der Waals surface area contributed by atoms with Gasteiger partial charge in [0.25, 0.3) is 0 Å². The highest BCUT2D eigenvalue weighted by Crippen LogP contribution is 2.32. The molecule has 1 aliphatic heterocycles. The van der Waals surface area contributed by atoms with Gasteiger partial charge < -0.3 is 20.5 Å². The van der Waals surface area contributed by atoms with Crippen molar-refractivity contribution in [1.82, 2.24) is 10.6 Å². The smallest absolute Gasteiger partial charge is 0.222 e. The average molecular weight is 395 g/mol. The molecule has 0 radical (unpaired) electrons. The van der Waals surface area contributed by atoms with Crippen molar-refractivity contribution < 1.29 is 19.4 Å². The highest BCUT2D eigenvalue weighted by Gasteiger charge is 2.34. The van der Waals surface area contributed by atoms with Crippen LogP contribution in [0.5, 0.6) is 0 Å². The van der Waals surface area contributed by atoms with Crippen LogP contribution in [0.3, 0.4) is 0 Å². The largest absolute Gasteiger partial charge is 0.394 e. The number of nitrogens with one attached hydrogen (secondary N) is 2. The van der Waals surface area contributed by atoms with Gasteiger partial charge in [-0.05, 0) is 49.3 Å². The zero-order chi connectivity index (χ0) is 19.2. The number of halogens is 1. The summed E-state index contributed by atoms with van der Waals surface area (Å²) in [6.07, 6.45) is 3.74. The summed E-state index contributed by atoms with van der Waals surface area (Å²) in [5.74, 6) is 0.464. The van der Waals surface area contributed by atoms with Crippen LogP contribution in [0.4, 0.5) is 0 Å². The SMILES string of the molecule is O=C(C[C@H]1CC[C@H](NC(=O)CC2CC2)[C@@H](CO)O1)NCc1ccc(Cl)cc1. The van der Waals surface area contributed by atoms with Crippen LogP contribution in [0.15, 0.2) is 24.3 Å². The molecule has 0 unspecified atom stereocenters. The number of rotatable bonds is 8. The Bertz CT molecular complexity index is 648. The zero-order valence-electron chi connectivity index (χ0n) is 15.3. The number of carbonyl (C=O) groups is 2. The minimum absolute atomic E-state index is 0.0312. The fourth-order valence-electron chi connectivity index (χ4n) is 3.38. The molecule has 2 fully saturated rings. The van der Waals surface area contributed by atoms with Crippen molar-refractivity contribution in [2.45, 2.75) is 63.3 Å². The monoisotopic (exact) mass is 394 g/mol. The molecular weight excluding hydrogens is 368 g/mol. The van der Waals surface area contributed by atoms with E-state index in [1.54, 1.807) is 12.1 Å². The van der Waals surface area contributed by atoms with Crippen molar-refractivity contribution in [2.24, 2.45) is 5.92 Å². The molecule has 2 aliphatic rings. The molecule has 1 aromatic carbocycles. The number of benzene rings is 1. The number of aliphatic hydroxyl groups excluding tert-OH is 1. The summed E-state index contributed by atoms with van der Waals surface area (Å²) in [6.45, 7) is 0.267. The number of hydrogen-bond acceptors (Lipinski definition) is 4.